The number of phosphoric ester groups is 1. The molecule has 1 unspecified atom stereocenters. The second-order valence-electron chi connectivity index (χ2n) is 7.85. The number of fused-ring (bicyclic) bond motifs is 1. The average Bonchev–Trinajstić information content (AvgIpc) is 3.23. The van der Waals surface area contributed by atoms with E-state index >= 15 is 0 Å². The molecule has 2 aromatic heterocycles. The second-order valence-corrected chi connectivity index (χ2v) is 9.04. The summed E-state index contributed by atoms with van der Waals surface area (Å²) in [7, 11) is -1.67. The zero-order valence-electron chi connectivity index (χ0n) is 17.8. The summed E-state index contributed by atoms with van der Waals surface area (Å²) in [6.45, 7) is -0.227. The van der Waals surface area contributed by atoms with E-state index in [2.05, 4.69) is 14.5 Å². The van der Waals surface area contributed by atoms with E-state index in [-0.39, 0.29) is 17.1 Å². The maximum absolute atomic E-state index is 12.8. The van der Waals surface area contributed by atoms with Gasteiger partial charge in [0.15, 0.2) is 6.33 Å². The molecule has 0 aliphatic carbocycles. The molecule has 1 aliphatic heterocycles. The number of H-pyrrole nitrogens is 1. The highest BCUT2D eigenvalue weighted by Gasteiger charge is 2.47. The maximum Gasteiger partial charge on any atom is 0.313 e. The Kier molecular flexibility index (Phi) is 6.38. The number of aryl methyl sites for hydroxylation is 1. The lowest BCUT2D eigenvalue weighted by Crippen LogP contribution is -2.46. The summed E-state index contributed by atoms with van der Waals surface area (Å²) in [6, 6.07) is 9.59. The summed E-state index contributed by atoms with van der Waals surface area (Å²) in [5, 5.41) is 20.8. The van der Waals surface area contributed by atoms with E-state index in [4.69, 9.17) is 9.63 Å². The third-order valence-electron chi connectivity index (χ3n) is 5.40. The maximum atomic E-state index is 12.8. The van der Waals surface area contributed by atoms with Gasteiger partial charge < -0.3 is 34.2 Å². The van der Waals surface area contributed by atoms with Crippen molar-refractivity contribution in [1.29, 1.82) is 0 Å². The number of aliphatic hydroxyl groups is 2. The molecule has 13 nitrogen and oxygen atoms in total. The smallest absolute Gasteiger partial charge is 0.313 e. The van der Waals surface area contributed by atoms with Gasteiger partial charge >= 0.3 is 5.65 Å². The van der Waals surface area contributed by atoms with Gasteiger partial charge in [0.1, 0.15) is 18.3 Å². The number of nitrogens with one attached hydrogen (secondary N) is 1. The molecule has 3 aromatic rings. The Balaban J connectivity index is 1.67. The number of ether oxygens (including phenoxy) is 1. The molecule has 0 bridgehead atoms. The van der Waals surface area contributed by atoms with E-state index in [1.54, 1.807) is 19.0 Å². The van der Waals surface area contributed by atoms with Crippen LogP contribution in [0.15, 0.2) is 41.5 Å². The first-order valence-electron chi connectivity index (χ1n) is 10.0. The number of aromatic nitrogens is 4. The van der Waals surface area contributed by atoms with Crippen molar-refractivity contribution in [2.45, 2.75) is 31.1 Å². The van der Waals surface area contributed by atoms with E-state index in [0.717, 1.165) is 5.56 Å². The van der Waals surface area contributed by atoms with Gasteiger partial charge in [-0.15, -0.1) is 0 Å². The Morgan fingerprint density at radius 3 is 2.70 bits per heavy atom. The zero-order valence-corrected chi connectivity index (χ0v) is 18.7. The predicted octanol–water partition coefficient (Wildman–Crippen LogP) is -1.72. The quantitative estimate of drug-likeness (QED) is 0.224. The van der Waals surface area contributed by atoms with Crippen LogP contribution < -0.4 is 19.9 Å². The molecular weight excluding hydrogens is 457 g/mol. The van der Waals surface area contributed by atoms with Crippen LogP contribution in [0.5, 0.6) is 0 Å². The number of benzene rings is 1. The zero-order chi connectivity index (χ0) is 23.9. The standard InChI is InChI=1S/C19H24N5O8P/c1-22(8-11-6-4-3-5-7-11)19-20-16-13(17(27)21-19)23(2)10-24(16)18-15(26)14(25)12(32-18)9-31-33(28,29)30/h3-7,10,12,14-15,18,25-26H,8-9H2,1-2H3,(H2-,20,21,27,28,29,30)/t12-,14-,15-,18-/m1/s1. The van der Waals surface area contributed by atoms with Gasteiger partial charge in [0.25, 0.3) is 19.3 Å². The van der Waals surface area contributed by atoms with E-state index in [1.807, 2.05) is 30.3 Å². The molecule has 0 spiro atoms. The van der Waals surface area contributed by atoms with Gasteiger partial charge in [-0.2, -0.15) is 0 Å². The summed E-state index contributed by atoms with van der Waals surface area (Å²) in [5.74, 6) is 0.275. The minimum atomic E-state index is -5.04. The van der Waals surface area contributed by atoms with Crippen molar-refractivity contribution in [3.05, 3.63) is 52.6 Å². The molecule has 0 saturated carbocycles. The molecule has 4 N–H and O–H groups in total. The SMILES string of the molecule is CN(Cc1ccccc1)c1nc2c(c(=O)[nH]1)n(C)c[n+]2[C@@H]1O[C@H](COP(=O)([O-])O)[C@@H](O)[C@H]1O. The molecule has 4 rings (SSSR count). The van der Waals surface area contributed by atoms with Crippen LogP contribution in [0.3, 0.4) is 0 Å². The number of anilines is 1. The number of aliphatic hydroxyl groups excluding tert-OH is 2. The molecule has 1 aromatic carbocycles. The first-order valence-corrected chi connectivity index (χ1v) is 11.5. The lowest BCUT2D eigenvalue weighted by atomic mass is 10.1. The van der Waals surface area contributed by atoms with Crippen molar-refractivity contribution in [1.82, 2.24) is 14.5 Å². The molecule has 5 atom stereocenters. The largest absolute Gasteiger partial charge is 0.756 e. The van der Waals surface area contributed by atoms with Gasteiger partial charge in [-0.1, -0.05) is 35.3 Å². The fraction of sp³-hybridized carbons (Fsp3) is 0.421. The Hall–Kier alpha value is -2.64. The highest BCUT2D eigenvalue weighted by molar-refractivity contribution is 7.44. The van der Waals surface area contributed by atoms with Gasteiger partial charge in [-0.05, 0) is 5.56 Å². The van der Waals surface area contributed by atoms with Crippen molar-refractivity contribution in [2.24, 2.45) is 7.05 Å². The van der Waals surface area contributed by atoms with Crippen molar-refractivity contribution in [3.8, 4) is 0 Å². The summed E-state index contributed by atoms with van der Waals surface area (Å²) >= 11 is 0. The minimum Gasteiger partial charge on any atom is -0.756 e. The monoisotopic (exact) mass is 481 g/mol. The van der Waals surface area contributed by atoms with Crippen LogP contribution >= 0.6 is 7.82 Å². The van der Waals surface area contributed by atoms with Crippen LogP contribution in [0.1, 0.15) is 11.8 Å². The number of nitrogens with zero attached hydrogens (tertiary/aromatic N) is 4. The van der Waals surface area contributed by atoms with E-state index in [0.29, 0.717) is 6.54 Å². The lowest BCUT2D eigenvalue weighted by Gasteiger charge is -2.19. The van der Waals surface area contributed by atoms with Gasteiger partial charge in [0, 0.05) is 13.6 Å². The Morgan fingerprint density at radius 2 is 2.03 bits per heavy atom. The van der Waals surface area contributed by atoms with Crippen LogP contribution in [-0.2, 0) is 27.4 Å². The number of imidazole rings is 1. The minimum absolute atomic E-state index is 0.186. The molecule has 14 heteroatoms. The Bertz CT molecular complexity index is 1240. The molecule has 1 fully saturated rings. The fourth-order valence-electron chi connectivity index (χ4n) is 3.80. The van der Waals surface area contributed by atoms with Crippen LogP contribution in [0.2, 0.25) is 0 Å². The van der Waals surface area contributed by atoms with Crippen molar-refractivity contribution >= 4 is 24.9 Å². The molecular formula is C19H24N5O8P. The van der Waals surface area contributed by atoms with E-state index in [9.17, 15) is 24.5 Å². The fourth-order valence-corrected chi connectivity index (χ4v) is 4.14. The number of phosphoric acid groups is 1. The van der Waals surface area contributed by atoms with Gasteiger partial charge in [-0.3, -0.25) is 18.9 Å². The molecule has 3 heterocycles. The molecule has 178 valence electrons. The van der Waals surface area contributed by atoms with Crippen molar-refractivity contribution in [3.63, 3.8) is 0 Å². The normalized spacial score (nSPS) is 24.8. The van der Waals surface area contributed by atoms with Crippen LogP contribution in [0, 0.1) is 0 Å². The molecule has 1 aliphatic rings. The number of aromatic amines is 1. The molecule has 0 amide bonds. The summed E-state index contributed by atoms with van der Waals surface area (Å²) in [6.07, 6.45) is -3.95. The first-order chi connectivity index (χ1) is 15.5. The molecule has 33 heavy (non-hydrogen) atoms. The number of hydrogen-bond donors (Lipinski definition) is 4. The van der Waals surface area contributed by atoms with Gasteiger partial charge in [0.05, 0.1) is 13.7 Å². The summed E-state index contributed by atoms with van der Waals surface area (Å²) in [4.78, 5) is 41.5. The first kappa shape index (κ1) is 23.5. The van der Waals surface area contributed by atoms with Gasteiger partial charge in [-0.25, -0.2) is 4.57 Å². The Morgan fingerprint density at radius 1 is 1.33 bits per heavy atom. The highest BCUT2D eigenvalue weighted by Crippen LogP contribution is 2.34. The highest BCUT2D eigenvalue weighted by atomic mass is 31.2. The lowest BCUT2D eigenvalue weighted by molar-refractivity contribution is -0.745. The second kappa shape index (κ2) is 8.95. The average molecular weight is 481 g/mol. The predicted molar refractivity (Wildman–Crippen MR) is 112 cm³/mol. The van der Waals surface area contributed by atoms with E-state index < -0.39 is 44.5 Å². The van der Waals surface area contributed by atoms with Crippen LogP contribution in [-0.4, -0.2) is 61.6 Å². The molecule has 0 radical (unpaired) electrons. The summed E-state index contributed by atoms with van der Waals surface area (Å²) < 4.78 is 23.7. The van der Waals surface area contributed by atoms with Crippen molar-refractivity contribution in [2.75, 3.05) is 18.6 Å². The van der Waals surface area contributed by atoms with Crippen molar-refractivity contribution < 1.29 is 38.4 Å². The third-order valence-corrected chi connectivity index (χ3v) is 5.87. The number of hydrogen-bond acceptors (Lipinski definition) is 9. The third kappa shape index (κ3) is 4.84. The Labute approximate surface area is 187 Å². The van der Waals surface area contributed by atoms with Gasteiger partial charge in [0.2, 0.25) is 11.7 Å². The van der Waals surface area contributed by atoms with E-state index in [1.165, 1.54) is 15.5 Å². The number of rotatable bonds is 7. The topological polar surface area (TPSA) is 177 Å². The van der Waals surface area contributed by atoms with Crippen LogP contribution in [0.25, 0.3) is 11.2 Å². The molecule has 1 saturated heterocycles. The van der Waals surface area contributed by atoms with Crippen LogP contribution in [0.4, 0.5) is 5.95 Å². The summed E-state index contributed by atoms with van der Waals surface area (Å²) in [5.41, 5.74) is 0.974.